The lowest BCUT2D eigenvalue weighted by molar-refractivity contribution is 1.13. The normalized spacial score (nSPS) is 12.8. The molecule has 0 N–H and O–H groups in total. The van der Waals surface area contributed by atoms with Crippen molar-refractivity contribution < 1.29 is 0 Å². The highest BCUT2D eigenvalue weighted by Crippen LogP contribution is 2.18. The van der Waals surface area contributed by atoms with E-state index in [0.717, 1.165) is 21.9 Å². The number of aryl methyl sites for hydroxylation is 2. The van der Waals surface area contributed by atoms with Gasteiger partial charge in [-0.1, -0.05) is 24.8 Å². The zero-order chi connectivity index (χ0) is 12.1. The van der Waals surface area contributed by atoms with Crippen molar-refractivity contribution in [2.75, 3.05) is 0 Å². The fraction of sp³-hybridized carbons (Fsp3) is 0.214. The molecule has 0 aromatic carbocycles. The van der Waals surface area contributed by atoms with Crippen LogP contribution >= 0.6 is 12.6 Å². The quantitative estimate of drug-likeness (QED) is 0.610. The number of allylic oxidation sites excluding steroid dienone is 4. The molecule has 1 heterocycles. The van der Waals surface area contributed by atoms with E-state index in [1.54, 1.807) is 6.08 Å². The van der Waals surface area contributed by atoms with Crippen LogP contribution in [0.3, 0.4) is 0 Å². The van der Waals surface area contributed by atoms with Gasteiger partial charge in [0.1, 0.15) is 0 Å². The Morgan fingerprint density at radius 2 is 2.06 bits per heavy atom. The Hall–Kier alpha value is -1.28. The standard InChI is InChI=1S/C14H17NS/c1-5-12(9-13(16)6-2)14-8-7-10(3)11(4)15-14/h5-9,16H,2H2,1,3-4H3/b12-5+,13-9+. The van der Waals surface area contributed by atoms with Crippen LogP contribution in [-0.4, -0.2) is 4.98 Å². The van der Waals surface area contributed by atoms with Crippen molar-refractivity contribution in [3.05, 3.63) is 58.8 Å². The summed E-state index contributed by atoms with van der Waals surface area (Å²) in [5, 5.41) is 0. The maximum Gasteiger partial charge on any atom is 0.0702 e. The third-order valence-corrected chi connectivity index (χ3v) is 2.78. The summed E-state index contributed by atoms with van der Waals surface area (Å²) in [6.45, 7) is 9.75. The molecule has 1 aromatic heterocycles. The van der Waals surface area contributed by atoms with E-state index in [4.69, 9.17) is 0 Å². The van der Waals surface area contributed by atoms with Gasteiger partial charge in [0, 0.05) is 10.6 Å². The molecule has 0 saturated carbocycles. The number of hydrogen-bond acceptors (Lipinski definition) is 2. The average Bonchev–Trinajstić information content (AvgIpc) is 2.29. The lowest BCUT2D eigenvalue weighted by atomic mass is 10.1. The second-order valence-corrected chi connectivity index (χ2v) is 4.13. The van der Waals surface area contributed by atoms with Gasteiger partial charge in [-0.15, -0.1) is 12.6 Å². The third kappa shape index (κ3) is 3.11. The molecule has 0 aliphatic heterocycles. The molecule has 84 valence electrons. The largest absolute Gasteiger partial charge is 0.253 e. The summed E-state index contributed by atoms with van der Waals surface area (Å²) in [5.74, 6) is 0. The molecule has 1 nitrogen and oxygen atoms in total. The summed E-state index contributed by atoms with van der Waals surface area (Å²) in [6, 6.07) is 4.11. The van der Waals surface area contributed by atoms with Gasteiger partial charge in [-0.3, -0.25) is 4.98 Å². The Kier molecular flexibility index (Phi) is 4.56. The van der Waals surface area contributed by atoms with Crippen molar-refractivity contribution in [2.24, 2.45) is 0 Å². The fourth-order valence-corrected chi connectivity index (χ4v) is 1.45. The summed E-state index contributed by atoms with van der Waals surface area (Å²) in [7, 11) is 0. The summed E-state index contributed by atoms with van der Waals surface area (Å²) >= 11 is 4.29. The van der Waals surface area contributed by atoms with Gasteiger partial charge in [0.15, 0.2) is 0 Å². The van der Waals surface area contributed by atoms with E-state index in [9.17, 15) is 0 Å². The average molecular weight is 231 g/mol. The molecule has 0 spiro atoms. The molecule has 0 aliphatic carbocycles. The van der Waals surface area contributed by atoms with Crippen molar-refractivity contribution in [3.63, 3.8) is 0 Å². The molecule has 0 bridgehead atoms. The zero-order valence-electron chi connectivity index (χ0n) is 9.99. The Balaban J connectivity index is 3.16. The number of hydrogen-bond donors (Lipinski definition) is 1. The van der Waals surface area contributed by atoms with Gasteiger partial charge in [-0.25, -0.2) is 0 Å². The summed E-state index contributed by atoms with van der Waals surface area (Å²) in [6.07, 6.45) is 5.71. The third-order valence-electron chi connectivity index (χ3n) is 2.47. The molecule has 16 heavy (non-hydrogen) atoms. The number of nitrogens with zero attached hydrogens (tertiary/aromatic N) is 1. The van der Waals surface area contributed by atoms with Crippen LogP contribution in [0.1, 0.15) is 23.9 Å². The molecule has 0 amide bonds. The minimum Gasteiger partial charge on any atom is -0.253 e. The molecule has 0 radical (unpaired) electrons. The number of pyridine rings is 1. The van der Waals surface area contributed by atoms with Crippen molar-refractivity contribution >= 4 is 18.2 Å². The van der Waals surface area contributed by atoms with Gasteiger partial charge in [0.25, 0.3) is 0 Å². The van der Waals surface area contributed by atoms with Crippen LogP contribution in [0.5, 0.6) is 0 Å². The van der Waals surface area contributed by atoms with E-state index in [2.05, 4.69) is 37.2 Å². The molecule has 2 heteroatoms. The smallest absolute Gasteiger partial charge is 0.0702 e. The van der Waals surface area contributed by atoms with Crippen LogP contribution in [0.2, 0.25) is 0 Å². The van der Waals surface area contributed by atoms with Crippen molar-refractivity contribution in [1.29, 1.82) is 0 Å². The summed E-state index contributed by atoms with van der Waals surface area (Å²) < 4.78 is 0. The minimum atomic E-state index is 0.841. The lowest BCUT2D eigenvalue weighted by Gasteiger charge is -2.05. The SMILES string of the molecule is C=C/C(S)=C\C(=C/C)c1ccc(C)c(C)n1. The van der Waals surface area contributed by atoms with E-state index in [0.29, 0.717) is 0 Å². The van der Waals surface area contributed by atoms with E-state index in [1.807, 2.05) is 32.1 Å². The molecule has 0 aliphatic rings. The highest BCUT2D eigenvalue weighted by atomic mass is 32.1. The maximum absolute atomic E-state index is 4.55. The number of rotatable bonds is 3. The molecular formula is C14H17NS. The second-order valence-electron chi connectivity index (χ2n) is 3.62. The van der Waals surface area contributed by atoms with Crippen molar-refractivity contribution in [2.45, 2.75) is 20.8 Å². The minimum absolute atomic E-state index is 0.841. The highest BCUT2D eigenvalue weighted by molar-refractivity contribution is 7.84. The molecule has 1 rings (SSSR count). The summed E-state index contributed by atoms with van der Waals surface area (Å²) in [5.41, 5.74) is 4.30. The maximum atomic E-state index is 4.55. The first-order valence-corrected chi connectivity index (χ1v) is 5.67. The van der Waals surface area contributed by atoms with Gasteiger partial charge in [0.2, 0.25) is 0 Å². The van der Waals surface area contributed by atoms with Gasteiger partial charge >= 0.3 is 0 Å². The highest BCUT2D eigenvalue weighted by Gasteiger charge is 2.01. The molecule has 0 unspecified atom stereocenters. The Labute approximate surface area is 103 Å². The number of thiol groups is 1. The second kappa shape index (κ2) is 5.71. The van der Waals surface area contributed by atoms with Gasteiger partial charge in [-0.2, -0.15) is 0 Å². The Morgan fingerprint density at radius 3 is 2.56 bits per heavy atom. The van der Waals surface area contributed by atoms with Crippen LogP contribution in [-0.2, 0) is 0 Å². The predicted octanol–water partition coefficient (Wildman–Crippen LogP) is 4.10. The molecule has 0 saturated heterocycles. The zero-order valence-corrected chi connectivity index (χ0v) is 10.9. The van der Waals surface area contributed by atoms with Crippen LogP contribution in [0.25, 0.3) is 5.57 Å². The number of aromatic nitrogens is 1. The van der Waals surface area contributed by atoms with Crippen molar-refractivity contribution in [3.8, 4) is 0 Å². The topological polar surface area (TPSA) is 12.9 Å². The molecular weight excluding hydrogens is 214 g/mol. The van der Waals surface area contributed by atoms with Gasteiger partial charge < -0.3 is 0 Å². The Bertz CT molecular complexity index is 456. The fourth-order valence-electron chi connectivity index (χ4n) is 1.31. The van der Waals surface area contributed by atoms with Crippen LogP contribution in [0, 0.1) is 13.8 Å². The molecule has 0 fully saturated rings. The van der Waals surface area contributed by atoms with E-state index >= 15 is 0 Å². The summed E-state index contributed by atoms with van der Waals surface area (Å²) in [4.78, 5) is 5.39. The van der Waals surface area contributed by atoms with Gasteiger partial charge in [-0.05, 0) is 44.1 Å². The van der Waals surface area contributed by atoms with Crippen LogP contribution < -0.4 is 0 Å². The monoisotopic (exact) mass is 231 g/mol. The van der Waals surface area contributed by atoms with E-state index in [-0.39, 0.29) is 0 Å². The van der Waals surface area contributed by atoms with E-state index in [1.165, 1.54) is 5.56 Å². The first-order chi connectivity index (χ1) is 7.58. The first kappa shape index (κ1) is 12.8. The lowest BCUT2D eigenvalue weighted by Crippen LogP contribution is -1.92. The molecule has 1 aromatic rings. The van der Waals surface area contributed by atoms with Crippen LogP contribution in [0.15, 0.2) is 41.8 Å². The Morgan fingerprint density at radius 1 is 1.38 bits per heavy atom. The van der Waals surface area contributed by atoms with Crippen LogP contribution in [0.4, 0.5) is 0 Å². The predicted molar refractivity (Wildman–Crippen MR) is 74.6 cm³/mol. The van der Waals surface area contributed by atoms with Gasteiger partial charge in [0.05, 0.1) is 5.69 Å². The first-order valence-electron chi connectivity index (χ1n) is 5.22. The van der Waals surface area contributed by atoms with E-state index < -0.39 is 0 Å². The molecule has 0 atom stereocenters. The van der Waals surface area contributed by atoms with Crippen molar-refractivity contribution in [1.82, 2.24) is 4.98 Å².